The van der Waals surface area contributed by atoms with Gasteiger partial charge in [-0.2, -0.15) is 0 Å². The first-order valence-corrected chi connectivity index (χ1v) is 10.4. The minimum absolute atomic E-state index is 0.973. The summed E-state index contributed by atoms with van der Waals surface area (Å²) in [6.45, 7) is 3.15. The molecule has 2 nitrogen and oxygen atoms in total. The Morgan fingerprint density at radius 2 is 1.63 bits per heavy atom. The quantitative estimate of drug-likeness (QED) is 0.369. The van der Waals surface area contributed by atoms with E-state index in [1.54, 1.807) is 0 Å². The summed E-state index contributed by atoms with van der Waals surface area (Å²) in [5.74, 6) is 0. The van der Waals surface area contributed by atoms with Crippen LogP contribution in [-0.4, -0.2) is 6.54 Å². The molecule has 0 N–H and O–H groups in total. The lowest BCUT2D eigenvalue weighted by Crippen LogP contribution is -2.28. The van der Waals surface area contributed by atoms with Gasteiger partial charge in [0.1, 0.15) is 7.05 Å². The van der Waals surface area contributed by atoms with Crippen LogP contribution in [0.5, 0.6) is 0 Å². The molecule has 148 valence electrons. The van der Waals surface area contributed by atoms with Crippen LogP contribution in [0.25, 0.3) is 22.6 Å². The molecule has 0 bridgehead atoms. The highest BCUT2D eigenvalue weighted by Crippen LogP contribution is 2.32. The van der Waals surface area contributed by atoms with Gasteiger partial charge in [-0.1, -0.05) is 72.9 Å². The van der Waals surface area contributed by atoms with Crippen LogP contribution in [0.15, 0.2) is 110 Å². The van der Waals surface area contributed by atoms with Gasteiger partial charge in [0, 0.05) is 36.1 Å². The number of para-hydroxylation sites is 2. The number of fused-ring (bicyclic) bond motifs is 2. The van der Waals surface area contributed by atoms with E-state index in [2.05, 4.69) is 139 Å². The Hall–Kier alpha value is -3.65. The van der Waals surface area contributed by atoms with Gasteiger partial charge < -0.3 is 4.90 Å². The van der Waals surface area contributed by atoms with Crippen LogP contribution in [0.4, 0.5) is 5.69 Å². The number of hydrogen-bond donors (Lipinski definition) is 0. The second kappa shape index (κ2) is 9.23. The number of allylic oxidation sites excluding steroid dienone is 8. The number of pyridine rings is 1. The van der Waals surface area contributed by atoms with E-state index in [0.29, 0.717) is 0 Å². The summed E-state index contributed by atoms with van der Waals surface area (Å²) in [4.78, 5) is 2.27. The number of aromatic nitrogens is 1. The molecule has 0 amide bonds. The van der Waals surface area contributed by atoms with Crippen LogP contribution < -0.4 is 9.47 Å². The zero-order chi connectivity index (χ0) is 20.8. The zero-order valence-electron chi connectivity index (χ0n) is 17.6. The molecule has 1 aliphatic heterocycles. The fourth-order valence-corrected chi connectivity index (χ4v) is 3.77. The standard InChI is InChI=1S/C28H27N2/c1-3-30-22-20-24(26-16-10-12-18-28(26)30)14-8-6-4-5-7-13-23-19-21-29(2)27-17-11-9-15-25(23)27/h4-22H,3H2,1-2H3/q+1. The molecule has 4 rings (SSSR count). The van der Waals surface area contributed by atoms with E-state index in [1.165, 1.54) is 33.3 Å². The second-order valence-electron chi connectivity index (χ2n) is 7.27. The molecule has 0 fully saturated rings. The average Bonchev–Trinajstić information content (AvgIpc) is 2.80. The summed E-state index contributed by atoms with van der Waals surface area (Å²) in [6, 6.07) is 19.2. The van der Waals surface area contributed by atoms with Gasteiger partial charge in [0.05, 0.1) is 5.39 Å². The Bertz CT molecular complexity index is 1190. The van der Waals surface area contributed by atoms with Crippen LogP contribution in [0.2, 0.25) is 0 Å². The number of rotatable bonds is 5. The molecule has 0 saturated heterocycles. The van der Waals surface area contributed by atoms with Crippen molar-refractivity contribution in [3.63, 3.8) is 0 Å². The normalized spacial score (nSPS) is 15.3. The van der Waals surface area contributed by atoms with E-state index in [9.17, 15) is 0 Å². The predicted octanol–water partition coefficient (Wildman–Crippen LogP) is 6.23. The lowest BCUT2D eigenvalue weighted by molar-refractivity contribution is -0.644. The SMILES string of the molecule is CCN1C=CC(=CC=CC=CC=Cc2cc[n+](C)c3ccccc23)c2ccccc21. The van der Waals surface area contributed by atoms with Gasteiger partial charge in [-0.25, -0.2) is 4.57 Å². The summed E-state index contributed by atoms with van der Waals surface area (Å²) in [6.07, 6.45) is 21.2. The van der Waals surface area contributed by atoms with Crippen LogP contribution in [0.1, 0.15) is 18.1 Å². The van der Waals surface area contributed by atoms with Crippen molar-refractivity contribution in [1.29, 1.82) is 0 Å². The Morgan fingerprint density at radius 3 is 2.53 bits per heavy atom. The van der Waals surface area contributed by atoms with Gasteiger partial charge in [0.15, 0.2) is 6.20 Å². The molecular weight excluding hydrogens is 364 g/mol. The molecule has 1 aliphatic rings. The third-order valence-corrected chi connectivity index (χ3v) is 5.37. The third kappa shape index (κ3) is 4.18. The molecule has 0 aliphatic carbocycles. The van der Waals surface area contributed by atoms with Gasteiger partial charge >= 0.3 is 0 Å². The molecule has 0 unspecified atom stereocenters. The first kappa shape index (κ1) is 19.7. The first-order valence-electron chi connectivity index (χ1n) is 10.4. The van der Waals surface area contributed by atoms with Gasteiger partial charge in [0.2, 0.25) is 5.52 Å². The summed E-state index contributed by atoms with van der Waals surface area (Å²) in [5.41, 5.74) is 6.24. The number of anilines is 1. The highest BCUT2D eigenvalue weighted by Gasteiger charge is 2.13. The van der Waals surface area contributed by atoms with E-state index in [4.69, 9.17) is 0 Å². The molecule has 1 aromatic heterocycles. The largest absolute Gasteiger partial charge is 0.348 e. The van der Waals surface area contributed by atoms with Crippen molar-refractivity contribution >= 4 is 28.2 Å². The molecule has 2 aromatic carbocycles. The van der Waals surface area contributed by atoms with Crippen molar-refractivity contribution in [2.24, 2.45) is 7.05 Å². The minimum Gasteiger partial charge on any atom is -0.348 e. The fraction of sp³-hybridized carbons (Fsp3) is 0.107. The van der Waals surface area contributed by atoms with Gasteiger partial charge in [0.25, 0.3) is 0 Å². The summed E-state index contributed by atoms with van der Waals surface area (Å²) in [5, 5.41) is 1.26. The Labute approximate surface area is 179 Å². The van der Waals surface area contributed by atoms with Crippen LogP contribution in [0.3, 0.4) is 0 Å². The van der Waals surface area contributed by atoms with Gasteiger partial charge in [-0.3, -0.25) is 0 Å². The van der Waals surface area contributed by atoms with Crippen molar-refractivity contribution in [2.45, 2.75) is 6.92 Å². The van der Waals surface area contributed by atoms with E-state index < -0.39 is 0 Å². The van der Waals surface area contributed by atoms with E-state index in [1.807, 2.05) is 0 Å². The first-order chi connectivity index (χ1) is 14.8. The van der Waals surface area contributed by atoms with Gasteiger partial charge in [-0.05, 0) is 36.3 Å². The topological polar surface area (TPSA) is 7.12 Å². The van der Waals surface area contributed by atoms with Crippen molar-refractivity contribution in [3.8, 4) is 0 Å². The minimum atomic E-state index is 0.973. The van der Waals surface area contributed by atoms with Gasteiger partial charge in [-0.15, -0.1) is 0 Å². The Balaban J connectivity index is 1.45. The van der Waals surface area contributed by atoms with E-state index >= 15 is 0 Å². The van der Waals surface area contributed by atoms with Crippen LogP contribution >= 0.6 is 0 Å². The zero-order valence-corrected chi connectivity index (χ0v) is 17.6. The van der Waals surface area contributed by atoms with Crippen molar-refractivity contribution in [3.05, 3.63) is 121 Å². The number of aryl methyl sites for hydroxylation is 1. The number of hydrogen-bond acceptors (Lipinski definition) is 1. The molecular formula is C28H27N2+. The predicted molar refractivity (Wildman–Crippen MR) is 129 cm³/mol. The highest BCUT2D eigenvalue weighted by molar-refractivity contribution is 5.87. The summed E-state index contributed by atoms with van der Waals surface area (Å²) in [7, 11) is 2.08. The summed E-state index contributed by atoms with van der Waals surface area (Å²) >= 11 is 0. The maximum Gasteiger partial charge on any atom is 0.212 e. The van der Waals surface area contributed by atoms with Crippen molar-refractivity contribution < 1.29 is 4.57 Å². The third-order valence-electron chi connectivity index (χ3n) is 5.37. The number of benzene rings is 2. The molecule has 0 radical (unpaired) electrons. The Morgan fingerprint density at radius 1 is 0.867 bits per heavy atom. The molecule has 2 heterocycles. The smallest absolute Gasteiger partial charge is 0.212 e. The van der Waals surface area contributed by atoms with E-state index in [0.717, 1.165) is 6.54 Å². The maximum absolute atomic E-state index is 2.27. The molecule has 3 aromatic rings. The fourth-order valence-electron chi connectivity index (χ4n) is 3.77. The number of nitrogens with zero attached hydrogens (tertiary/aromatic N) is 2. The second-order valence-corrected chi connectivity index (χ2v) is 7.27. The van der Waals surface area contributed by atoms with Crippen LogP contribution in [-0.2, 0) is 7.05 Å². The lowest BCUT2D eigenvalue weighted by Gasteiger charge is -2.26. The molecule has 2 heteroatoms. The van der Waals surface area contributed by atoms with E-state index in [-0.39, 0.29) is 0 Å². The van der Waals surface area contributed by atoms with Crippen LogP contribution in [0, 0.1) is 0 Å². The summed E-state index contributed by atoms with van der Waals surface area (Å²) < 4.78 is 2.15. The average molecular weight is 392 g/mol. The van der Waals surface area contributed by atoms with Crippen molar-refractivity contribution in [2.75, 3.05) is 11.4 Å². The molecule has 30 heavy (non-hydrogen) atoms. The highest BCUT2D eigenvalue weighted by atomic mass is 15.1. The Kier molecular flexibility index (Phi) is 6.05. The molecule has 0 atom stereocenters. The molecule has 0 spiro atoms. The van der Waals surface area contributed by atoms with Crippen molar-refractivity contribution in [1.82, 2.24) is 0 Å². The molecule has 0 saturated carbocycles. The monoisotopic (exact) mass is 391 g/mol. The maximum atomic E-state index is 2.27. The lowest BCUT2D eigenvalue weighted by atomic mass is 9.99.